The Morgan fingerprint density at radius 2 is 2.06 bits per heavy atom. The largest absolute Gasteiger partial charge is 1.00 e. The van der Waals surface area contributed by atoms with Crippen LogP contribution in [0.3, 0.4) is 0 Å². The molecule has 1 aromatic rings. The molecular weight excluding hydrogens is 341 g/mol. The molecule has 1 amide bonds. The van der Waals surface area contributed by atoms with Gasteiger partial charge in [0.15, 0.2) is 6.61 Å². The van der Waals surface area contributed by atoms with Crippen LogP contribution in [0.25, 0.3) is 0 Å². The summed E-state index contributed by atoms with van der Waals surface area (Å²) in [5, 5.41) is 0. The second-order valence-electron chi connectivity index (χ2n) is 3.62. The first-order valence-corrected chi connectivity index (χ1v) is 5.60. The Kier molecular flexibility index (Phi) is 5.76. The van der Waals surface area contributed by atoms with E-state index < -0.39 is 19.3 Å². The first kappa shape index (κ1) is 16.5. The van der Waals surface area contributed by atoms with Gasteiger partial charge in [-0.2, -0.15) is 0 Å². The van der Waals surface area contributed by atoms with Crippen molar-refractivity contribution in [2.24, 2.45) is 0 Å². The van der Waals surface area contributed by atoms with Gasteiger partial charge >= 0.3 is 58.4 Å². The Balaban J connectivity index is 0.00000162. The van der Waals surface area contributed by atoms with Gasteiger partial charge in [-0.05, 0) is 24.6 Å². The molecule has 3 nitrogen and oxygen atoms in total. The second-order valence-corrected chi connectivity index (χ2v) is 4.53. The van der Waals surface area contributed by atoms with Gasteiger partial charge in [0.05, 0.1) is 5.69 Å². The number of rotatable bonds is 2. The van der Waals surface area contributed by atoms with Gasteiger partial charge in [0, 0.05) is 4.47 Å². The molecule has 92 valence electrons. The van der Waals surface area contributed by atoms with Crippen LogP contribution in [0.1, 0.15) is 0 Å². The molecule has 0 aromatic heterocycles. The summed E-state index contributed by atoms with van der Waals surface area (Å²) < 4.78 is 42.9. The van der Waals surface area contributed by atoms with Crippen molar-refractivity contribution in [3.8, 4) is 5.75 Å². The van der Waals surface area contributed by atoms with E-state index in [1.54, 1.807) is 6.07 Å². The average molecular weight is 348 g/mol. The Labute approximate surface area is 153 Å². The summed E-state index contributed by atoms with van der Waals surface area (Å²) in [7, 11) is 0. The van der Waals surface area contributed by atoms with E-state index in [2.05, 4.69) is 15.9 Å². The number of carbonyl (C=O) groups excluding carboxylic acids is 1. The molecule has 0 saturated heterocycles. The molecule has 0 aliphatic carbocycles. The fourth-order valence-corrected chi connectivity index (χ4v) is 1.93. The standard InChI is InChI=1S/C9H7BBrF3NO2.K/c11-6-1-2-8-7(3-6)15(5-10(12,13)14)9(16)4-17-8;/h1-3H,4-5H2;/q-1;+1. The van der Waals surface area contributed by atoms with Crippen molar-refractivity contribution in [1.82, 2.24) is 0 Å². The molecule has 0 spiro atoms. The Morgan fingerprint density at radius 3 is 2.67 bits per heavy atom. The molecule has 0 N–H and O–H groups in total. The predicted octanol–water partition coefficient (Wildman–Crippen LogP) is -0.435. The van der Waals surface area contributed by atoms with Gasteiger partial charge in [0.2, 0.25) is 0 Å². The van der Waals surface area contributed by atoms with E-state index in [1.165, 1.54) is 12.1 Å². The van der Waals surface area contributed by atoms with Crippen molar-refractivity contribution in [2.45, 2.75) is 0 Å². The summed E-state index contributed by atoms with van der Waals surface area (Å²) in [5.74, 6) is -0.400. The molecular formula is C9H7BBrF3KNO2. The fourth-order valence-electron chi connectivity index (χ4n) is 1.58. The average Bonchev–Trinajstić information content (AvgIpc) is 2.21. The van der Waals surface area contributed by atoms with Crippen molar-refractivity contribution in [3.63, 3.8) is 0 Å². The van der Waals surface area contributed by atoms with Crippen LogP contribution in [0.15, 0.2) is 22.7 Å². The zero-order chi connectivity index (χ0) is 12.6. The third-order valence-electron chi connectivity index (χ3n) is 2.25. The number of carbonyl (C=O) groups is 1. The van der Waals surface area contributed by atoms with Crippen molar-refractivity contribution >= 4 is 34.5 Å². The molecule has 2 rings (SSSR count). The quantitative estimate of drug-likeness (QED) is 0.679. The maximum absolute atomic E-state index is 12.4. The van der Waals surface area contributed by atoms with E-state index in [0.29, 0.717) is 9.37 Å². The molecule has 18 heavy (non-hydrogen) atoms. The van der Waals surface area contributed by atoms with Gasteiger partial charge in [-0.25, -0.2) is 0 Å². The van der Waals surface area contributed by atoms with Crippen LogP contribution in [-0.4, -0.2) is 25.9 Å². The van der Waals surface area contributed by atoms with Gasteiger partial charge in [0.1, 0.15) is 5.75 Å². The Bertz CT molecular complexity index is 472. The third kappa shape index (κ3) is 3.98. The van der Waals surface area contributed by atoms with Gasteiger partial charge in [-0.15, -0.1) is 0 Å². The zero-order valence-electron chi connectivity index (χ0n) is 9.50. The topological polar surface area (TPSA) is 29.5 Å². The maximum Gasteiger partial charge on any atom is 1.00 e. The summed E-state index contributed by atoms with van der Waals surface area (Å²) in [6.07, 6.45) is -1.24. The number of hydrogen-bond acceptors (Lipinski definition) is 2. The van der Waals surface area contributed by atoms with Crippen LogP contribution in [0.2, 0.25) is 0 Å². The third-order valence-corrected chi connectivity index (χ3v) is 2.75. The first-order valence-electron chi connectivity index (χ1n) is 4.80. The van der Waals surface area contributed by atoms with Crippen LogP contribution in [0.5, 0.6) is 5.75 Å². The Hall–Kier alpha value is 0.461. The van der Waals surface area contributed by atoms with Crippen LogP contribution in [-0.2, 0) is 4.79 Å². The zero-order valence-corrected chi connectivity index (χ0v) is 14.2. The minimum atomic E-state index is -5.07. The number of benzene rings is 1. The van der Waals surface area contributed by atoms with E-state index in [9.17, 15) is 17.7 Å². The summed E-state index contributed by atoms with van der Waals surface area (Å²) in [5.41, 5.74) is 0.148. The van der Waals surface area contributed by atoms with Crippen molar-refractivity contribution < 1.29 is 73.9 Å². The van der Waals surface area contributed by atoms with Gasteiger partial charge in [-0.1, -0.05) is 15.9 Å². The van der Waals surface area contributed by atoms with Crippen LogP contribution < -0.4 is 61.0 Å². The number of nitrogens with zero attached hydrogens (tertiary/aromatic N) is 1. The SMILES string of the molecule is O=C1COc2ccc(Br)cc2N1C[B-](F)(F)F.[K+]. The summed E-state index contributed by atoms with van der Waals surface area (Å²) >= 11 is 3.15. The maximum atomic E-state index is 12.4. The van der Waals surface area contributed by atoms with E-state index >= 15 is 0 Å². The minimum absolute atomic E-state index is 0. The molecule has 0 atom stereocenters. The smallest absolute Gasteiger partial charge is 0.482 e. The number of hydrogen-bond donors (Lipinski definition) is 0. The van der Waals surface area contributed by atoms with E-state index in [1.807, 2.05) is 0 Å². The molecule has 0 radical (unpaired) electrons. The molecule has 9 heteroatoms. The van der Waals surface area contributed by atoms with Crippen LogP contribution in [0, 0.1) is 0 Å². The molecule has 1 aliphatic rings. The minimum Gasteiger partial charge on any atom is -0.482 e. The van der Waals surface area contributed by atoms with Gasteiger partial charge in [0.25, 0.3) is 5.91 Å². The molecule has 1 aliphatic heterocycles. The number of fused-ring (bicyclic) bond motifs is 1. The van der Waals surface area contributed by atoms with Crippen LogP contribution in [0.4, 0.5) is 18.6 Å². The molecule has 0 bridgehead atoms. The van der Waals surface area contributed by atoms with Crippen molar-refractivity contribution in [1.29, 1.82) is 0 Å². The van der Waals surface area contributed by atoms with E-state index in [0.717, 1.165) is 0 Å². The van der Waals surface area contributed by atoms with Gasteiger partial charge in [-0.3, -0.25) is 4.79 Å². The van der Waals surface area contributed by atoms with Crippen molar-refractivity contribution in [3.05, 3.63) is 22.7 Å². The number of anilines is 1. The van der Waals surface area contributed by atoms with Crippen LogP contribution >= 0.6 is 15.9 Å². The van der Waals surface area contributed by atoms with Gasteiger partial charge < -0.3 is 22.6 Å². The molecule has 1 heterocycles. The van der Waals surface area contributed by atoms with E-state index in [4.69, 9.17) is 4.74 Å². The monoisotopic (exact) mass is 347 g/mol. The number of halogens is 4. The molecule has 0 fully saturated rings. The number of ether oxygens (including phenoxy) is 1. The Morgan fingerprint density at radius 1 is 1.39 bits per heavy atom. The molecule has 0 unspecified atom stereocenters. The predicted molar refractivity (Wildman–Crippen MR) is 61.1 cm³/mol. The summed E-state index contributed by atoms with van der Waals surface area (Å²) in [6, 6.07) is 4.61. The molecule has 0 saturated carbocycles. The molecule has 1 aromatic carbocycles. The van der Waals surface area contributed by atoms with E-state index in [-0.39, 0.29) is 69.4 Å². The summed E-state index contributed by atoms with van der Waals surface area (Å²) in [6.45, 7) is -5.43. The summed E-state index contributed by atoms with van der Waals surface area (Å²) in [4.78, 5) is 12.2. The number of amides is 1. The fraction of sp³-hybridized carbons (Fsp3) is 0.222. The first-order chi connectivity index (χ1) is 7.87. The normalized spacial score (nSPS) is 14.7. The van der Waals surface area contributed by atoms with Crippen molar-refractivity contribution in [2.75, 3.05) is 18.0 Å². The second kappa shape index (κ2) is 6.27.